The van der Waals surface area contributed by atoms with Crippen molar-refractivity contribution in [1.82, 2.24) is 15.4 Å². The first-order valence-corrected chi connectivity index (χ1v) is 8.14. The molecule has 0 aliphatic carbocycles. The molecule has 2 aromatic rings. The maximum absolute atomic E-state index is 12.6. The van der Waals surface area contributed by atoms with Gasteiger partial charge in [0.05, 0.1) is 22.9 Å². The number of para-hydroxylation sites is 1. The Kier molecular flexibility index (Phi) is 4.74. The lowest BCUT2D eigenvalue weighted by atomic mass is 10.1. The molecule has 7 heteroatoms. The maximum Gasteiger partial charge on any atom is 0.255 e. The molecule has 0 saturated carbocycles. The monoisotopic (exact) mass is 343 g/mol. The molecule has 1 saturated heterocycles. The summed E-state index contributed by atoms with van der Waals surface area (Å²) in [5, 5.41) is 6.80. The third-order valence-electron chi connectivity index (χ3n) is 4.36. The lowest BCUT2D eigenvalue weighted by molar-refractivity contribution is -0.126. The van der Waals surface area contributed by atoms with Crippen molar-refractivity contribution >= 4 is 11.8 Å². The summed E-state index contributed by atoms with van der Waals surface area (Å²) in [5.41, 5.74) is 2.08. The minimum absolute atomic E-state index is 0.0354. The largest absolute Gasteiger partial charge is 0.488 e. The molecule has 2 amide bonds. The second-order valence-corrected chi connectivity index (χ2v) is 6.24. The molecular weight excluding hydrogens is 322 g/mol. The van der Waals surface area contributed by atoms with Crippen LogP contribution in [-0.2, 0) is 11.4 Å². The topological polar surface area (TPSA) is 84.7 Å². The Morgan fingerprint density at radius 1 is 1.40 bits per heavy atom. The summed E-state index contributed by atoms with van der Waals surface area (Å²) in [7, 11) is 1.73. The van der Waals surface area contributed by atoms with E-state index in [1.165, 1.54) is 0 Å². The van der Waals surface area contributed by atoms with Crippen LogP contribution in [0.4, 0.5) is 0 Å². The molecule has 0 radical (unpaired) electrons. The molecule has 132 valence electrons. The zero-order chi connectivity index (χ0) is 18.0. The fourth-order valence-corrected chi connectivity index (χ4v) is 2.86. The van der Waals surface area contributed by atoms with Crippen LogP contribution in [0.1, 0.15) is 33.8 Å². The highest BCUT2D eigenvalue weighted by Crippen LogP contribution is 2.22. The predicted octanol–water partition coefficient (Wildman–Crippen LogP) is 1.83. The quantitative estimate of drug-likeness (QED) is 0.895. The van der Waals surface area contributed by atoms with E-state index < -0.39 is 0 Å². The summed E-state index contributed by atoms with van der Waals surface area (Å²) in [6.45, 7) is 4.47. The molecule has 0 unspecified atom stereocenters. The van der Waals surface area contributed by atoms with Gasteiger partial charge in [-0.25, -0.2) is 0 Å². The van der Waals surface area contributed by atoms with E-state index in [1.54, 1.807) is 30.1 Å². The van der Waals surface area contributed by atoms with Crippen molar-refractivity contribution in [3.63, 3.8) is 0 Å². The molecular formula is C18H21N3O4. The lowest BCUT2D eigenvalue weighted by Gasteiger charge is -2.15. The molecule has 1 fully saturated rings. The number of hydrogen-bond donors (Lipinski definition) is 1. The van der Waals surface area contributed by atoms with Crippen LogP contribution in [0.15, 0.2) is 28.8 Å². The molecule has 0 spiro atoms. The second-order valence-electron chi connectivity index (χ2n) is 6.24. The molecule has 2 heterocycles. The zero-order valence-corrected chi connectivity index (χ0v) is 14.5. The van der Waals surface area contributed by atoms with Crippen LogP contribution in [0, 0.1) is 13.8 Å². The highest BCUT2D eigenvalue weighted by atomic mass is 16.5. The number of carbonyl (C=O) groups excluding carboxylic acids is 2. The van der Waals surface area contributed by atoms with Crippen molar-refractivity contribution in [2.24, 2.45) is 0 Å². The number of benzene rings is 1. The van der Waals surface area contributed by atoms with E-state index >= 15 is 0 Å². The number of rotatable bonds is 5. The SMILES string of the molecule is Cc1noc(C)c1COc1ccccc1C(=O)N[C@@H]1CC(=O)N(C)C1. The van der Waals surface area contributed by atoms with Crippen molar-refractivity contribution in [2.45, 2.75) is 32.9 Å². The maximum atomic E-state index is 12.6. The van der Waals surface area contributed by atoms with Crippen molar-refractivity contribution in [2.75, 3.05) is 13.6 Å². The van der Waals surface area contributed by atoms with Crippen molar-refractivity contribution in [1.29, 1.82) is 0 Å². The first-order valence-electron chi connectivity index (χ1n) is 8.14. The van der Waals surface area contributed by atoms with Crippen LogP contribution in [-0.4, -0.2) is 41.5 Å². The normalized spacial score (nSPS) is 17.0. The van der Waals surface area contributed by atoms with E-state index in [0.717, 1.165) is 11.3 Å². The van der Waals surface area contributed by atoms with Crippen LogP contribution in [0.2, 0.25) is 0 Å². The summed E-state index contributed by atoms with van der Waals surface area (Å²) in [6.07, 6.45) is 0.324. The minimum atomic E-state index is -0.248. The number of likely N-dealkylation sites (tertiary alicyclic amines) is 1. The summed E-state index contributed by atoms with van der Waals surface area (Å²) in [6, 6.07) is 6.87. The van der Waals surface area contributed by atoms with Crippen molar-refractivity contribution < 1.29 is 18.8 Å². The number of likely N-dealkylation sites (N-methyl/N-ethyl adjacent to an activating group) is 1. The standard InChI is InChI=1S/C18H21N3O4/c1-11-15(12(2)25-20-11)10-24-16-7-5-4-6-14(16)18(23)19-13-8-17(22)21(3)9-13/h4-7,13H,8-10H2,1-3H3,(H,19,23)/t13-/m1/s1. The van der Waals surface area contributed by atoms with Gasteiger partial charge in [0, 0.05) is 20.0 Å². The van der Waals surface area contributed by atoms with Crippen LogP contribution in [0.3, 0.4) is 0 Å². The predicted molar refractivity (Wildman–Crippen MR) is 90.3 cm³/mol. The Hall–Kier alpha value is -2.83. The molecule has 1 atom stereocenters. The lowest BCUT2D eigenvalue weighted by Crippen LogP contribution is -2.36. The molecule has 3 rings (SSSR count). The van der Waals surface area contributed by atoms with Crippen LogP contribution in [0.25, 0.3) is 0 Å². The fourth-order valence-electron chi connectivity index (χ4n) is 2.86. The van der Waals surface area contributed by atoms with Gasteiger partial charge in [0.15, 0.2) is 0 Å². The number of nitrogens with zero attached hydrogens (tertiary/aromatic N) is 2. The Morgan fingerprint density at radius 3 is 2.80 bits per heavy atom. The molecule has 25 heavy (non-hydrogen) atoms. The van der Waals surface area contributed by atoms with Gasteiger partial charge in [-0.3, -0.25) is 9.59 Å². The Morgan fingerprint density at radius 2 is 2.16 bits per heavy atom. The molecule has 1 aromatic heterocycles. The number of amides is 2. The highest BCUT2D eigenvalue weighted by molar-refractivity contribution is 5.97. The molecule has 1 N–H and O–H groups in total. The average Bonchev–Trinajstić information content (AvgIpc) is 3.07. The number of aryl methyl sites for hydroxylation is 2. The fraction of sp³-hybridized carbons (Fsp3) is 0.389. The first-order chi connectivity index (χ1) is 12.0. The van der Waals surface area contributed by atoms with Gasteiger partial charge in [-0.2, -0.15) is 0 Å². The third kappa shape index (κ3) is 3.65. The van der Waals surface area contributed by atoms with Gasteiger partial charge in [0.1, 0.15) is 18.1 Å². The van der Waals surface area contributed by atoms with Gasteiger partial charge in [0.25, 0.3) is 5.91 Å². The number of carbonyl (C=O) groups is 2. The van der Waals surface area contributed by atoms with Gasteiger partial charge >= 0.3 is 0 Å². The number of nitrogens with one attached hydrogen (secondary N) is 1. The number of aromatic nitrogens is 1. The van der Waals surface area contributed by atoms with E-state index in [2.05, 4.69) is 10.5 Å². The summed E-state index contributed by atoms with van der Waals surface area (Å²) in [5.74, 6) is 0.973. The summed E-state index contributed by atoms with van der Waals surface area (Å²) < 4.78 is 11.0. The Labute approximate surface area is 145 Å². The second kappa shape index (κ2) is 6.96. The molecule has 1 aliphatic heterocycles. The van der Waals surface area contributed by atoms with E-state index in [0.29, 0.717) is 30.0 Å². The average molecular weight is 343 g/mol. The van der Waals surface area contributed by atoms with Gasteiger partial charge in [-0.05, 0) is 26.0 Å². The van der Waals surface area contributed by atoms with E-state index in [-0.39, 0.29) is 24.5 Å². The summed E-state index contributed by atoms with van der Waals surface area (Å²) >= 11 is 0. The molecule has 0 bridgehead atoms. The molecule has 7 nitrogen and oxygen atoms in total. The zero-order valence-electron chi connectivity index (χ0n) is 14.5. The van der Waals surface area contributed by atoms with Crippen LogP contribution in [0.5, 0.6) is 5.75 Å². The summed E-state index contributed by atoms with van der Waals surface area (Å²) in [4.78, 5) is 25.8. The van der Waals surface area contributed by atoms with Crippen molar-refractivity contribution in [3.8, 4) is 5.75 Å². The van der Waals surface area contributed by atoms with Gasteiger partial charge in [-0.1, -0.05) is 17.3 Å². The smallest absolute Gasteiger partial charge is 0.255 e. The van der Waals surface area contributed by atoms with E-state index in [1.807, 2.05) is 19.9 Å². The van der Waals surface area contributed by atoms with Gasteiger partial charge in [0.2, 0.25) is 5.91 Å². The highest BCUT2D eigenvalue weighted by Gasteiger charge is 2.28. The minimum Gasteiger partial charge on any atom is -0.488 e. The Balaban J connectivity index is 1.70. The van der Waals surface area contributed by atoms with E-state index in [4.69, 9.17) is 9.26 Å². The van der Waals surface area contributed by atoms with Crippen molar-refractivity contribution in [3.05, 3.63) is 46.8 Å². The Bertz CT molecular complexity index is 780. The van der Waals surface area contributed by atoms with Crippen LogP contribution >= 0.6 is 0 Å². The van der Waals surface area contributed by atoms with Gasteiger partial charge in [-0.15, -0.1) is 0 Å². The van der Waals surface area contributed by atoms with Crippen LogP contribution < -0.4 is 10.1 Å². The third-order valence-corrected chi connectivity index (χ3v) is 4.36. The molecule has 1 aromatic carbocycles. The molecule has 1 aliphatic rings. The van der Waals surface area contributed by atoms with E-state index in [9.17, 15) is 9.59 Å². The van der Waals surface area contributed by atoms with Gasteiger partial charge < -0.3 is 19.5 Å². The first kappa shape index (κ1) is 17.0. The number of hydrogen-bond acceptors (Lipinski definition) is 5. The number of ether oxygens (including phenoxy) is 1.